The van der Waals surface area contributed by atoms with Crippen LogP contribution in [0.25, 0.3) is 0 Å². The normalized spacial score (nSPS) is 34.1. The Hall–Kier alpha value is -0.570. The average molecular weight is 238 g/mol. The largest absolute Gasteiger partial charge is 0.369 e. The van der Waals surface area contributed by atoms with Crippen LogP contribution in [0, 0.1) is 17.3 Å². The van der Waals surface area contributed by atoms with E-state index in [1.807, 2.05) is 13.8 Å². The number of nitrogens with two attached hydrogens (primary N) is 1. The molecular formula is C14H26N2O. The van der Waals surface area contributed by atoms with E-state index in [1.165, 1.54) is 32.1 Å². The maximum Gasteiger partial charge on any atom is 0.223 e. The van der Waals surface area contributed by atoms with Crippen LogP contribution in [0.4, 0.5) is 0 Å². The Morgan fingerprint density at radius 2 is 1.94 bits per heavy atom. The highest BCUT2D eigenvalue weighted by Crippen LogP contribution is 2.37. The van der Waals surface area contributed by atoms with Gasteiger partial charge in [-0.1, -0.05) is 33.1 Å². The van der Waals surface area contributed by atoms with E-state index in [0.717, 1.165) is 24.8 Å². The second kappa shape index (κ2) is 4.97. The number of piperidine rings is 1. The molecule has 0 radical (unpaired) electrons. The number of hydrogen-bond donors (Lipinski definition) is 2. The second-order valence-electron chi connectivity index (χ2n) is 6.60. The SMILES string of the molecule is CC(C)(C[C@H]1C[C@@H]2CCCC[C@@H]2CN1)C(N)=O. The first kappa shape index (κ1) is 12.9. The third kappa shape index (κ3) is 3.01. The van der Waals surface area contributed by atoms with Crippen molar-refractivity contribution < 1.29 is 4.79 Å². The van der Waals surface area contributed by atoms with E-state index >= 15 is 0 Å². The van der Waals surface area contributed by atoms with Crippen molar-refractivity contribution in [2.75, 3.05) is 6.54 Å². The highest BCUT2D eigenvalue weighted by atomic mass is 16.1. The van der Waals surface area contributed by atoms with Gasteiger partial charge in [0.2, 0.25) is 5.91 Å². The molecular weight excluding hydrogens is 212 g/mol. The van der Waals surface area contributed by atoms with Gasteiger partial charge in [0.05, 0.1) is 0 Å². The maximum absolute atomic E-state index is 11.4. The number of carbonyl (C=O) groups excluding carboxylic acids is 1. The molecule has 0 aromatic heterocycles. The summed E-state index contributed by atoms with van der Waals surface area (Å²) in [5.74, 6) is 1.60. The average Bonchev–Trinajstić information content (AvgIpc) is 2.28. The molecule has 0 aromatic carbocycles. The summed E-state index contributed by atoms with van der Waals surface area (Å²) >= 11 is 0. The summed E-state index contributed by atoms with van der Waals surface area (Å²) in [5.41, 5.74) is 5.08. The van der Waals surface area contributed by atoms with Crippen molar-refractivity contribution in [3.05, 3.63) is 0 Å². The molecule has 17 heavy (non-hydrogen) atoms. The third-order valence-electron chi connectivity index (χ3n) is 4.75. The number of hydrogen-bond acceptors (Lipinski definition) is 2. The predicted octanol–water partition coefficient (Wildman–Crippen LogP) is 2.06. The van der Waals surface area contributed by atoms with Crippen LogP contribution in [0.5, 0.6) is 0 Å². The molecule has 1 saturated heterocycles. The van der Waals surface area contributed by atoms with Crippen molar-refractivity contribution >= 4 is 5.91 Å². The Bertz CT molecular complexity index is 288. The van der Waals surface area contributed by atoms with Gasteiger partial charge in [-0.25, -0.2) is 0 Å². The first-order valence-corrected chi connectivity index (χ1v) is 7.02. The van der Waals surface area contributed by atoms with E-state index in [-0.39, 0.29) is 11.3 Å². The summed E-state index contributed by atoms with van der Waals surface area (Å²) in [4.78, 5) is 11.4. The predicted molar refractivity (Wildman–Crippen MR) is 69.4 cm³/mol. The lowest BCUT2D eigenvalue weighted by Crippen LogP contribution is -2.48. The Balaban J connectivity index is 1.89. The highest BCUT2D eigenvalue weighted by molar-refractivity contribution is 5.79. The zero-order valence-electron chi connectivity index (χ0n) is 11.2. The van der Waals surface area contributed by atoms with Crippen LogP contribution in [0.2, 0.25) is 0 Å². The van der Waals surface area contributed by atoms with Crippen LogP contribution in [-0.4, -0.2) is 18.5 Å². The fourth-order valence-corrected chi connectivity index (χ4v) is 3.50. The molecule has 1 heterocycles. The topological polar surface area (TPSA) is 55.1 Å². The maximum atomic E-state index is 11.4. The molecule has 3 nitrogen and oxygen atoms in total. The summed E-state index contributed by atoms with van der Waals surface area (Å²) < 4.78 is 0. The number of carbonyl (C=O) groups is 1. The van der Waals surface area contributed by atoms with Gasteiger partial charge in [0, 0.05) is 11.5 Å². The summed E-state index contributed by atoms with van der Waals surface area (Å²) in [6.45, 7) is 5.07. The standard InChI is InChI=1S/C14H26N2O/c1-14(2,13(15)17)8-12-7-10-5-3-4-6-11(10)9-16-12/h10-12,16H,3-9H2,1-2H3,(H2,15,17)/t10-,11+,12+/m0/s1. The number of fused-ring (bicyclic) bond motifs is 1. The van der Waals surface area contributed by atoms with Gasteiger partial charge in [-0.2, -0.15) is 0 Å². The number of rotatable bonds is 3. The van der Waals surface area contributed by atoms with Crippen molar-refractivity contribution in [2.24, 2.45) is 23.0 Å². The van der Waals surface area contributed by atoms with E-state index in [9.17, 15) is 4.79 Å². The van der Waals surface area contributed by atoms with Gasteiger partial charge in [-0.15, -0.1) is 0 Å². The molecule has 1 amide bonds. The van der Waals surface area contributed by atoms with Gasteiger partial charge in [-0.05, 0) is 37.6 Å². The summed E-state index contributed by atoms with van der Waals surface area (Å²) in [6.07, 6.45) is 7.70. The molecule has 2 aliphatic rings. The van der Waals surface area contributed by atoms with Crippen LogP contribution in [0.1, 0.15) is 52.4 Å². The number of nitrogens with one attached hydrogen (secondary N) is 1. The third-order valence-corrected chi connectivity index (χ3v) is 4.75. The number of amides is 1. The van der Waals surface area contributed by atoms with Gasteiger partial charge < -0.3 is 11.1 Å². The number of primary amides is 1. The van der Waals surface area contributed by atoms with Crippen molar-refractivity contribution in [3.8, 4) is 0 Å². The smallest absolute Gasteiger partial charge is 0.223 e. The quantitative estimate of drug-likeness (QED) is 0.790. The molecule has 0 unspecified atom stereocenters. The summed E-state index contributed by atoms with van der Waals surface area (Å²) in [6, 6.07) is 0.483. The molecule has 3 atom stereocenters. The lowest BCUT2D eigenvalue weighted by atomic mass is 9.71. The van der Waals surface area contributed by atoms with E-state index in [2.05, 4.69) is 5.32 Å². The van der Waals surface area contributed by atoms with Crippen molar-refractivity contribution in [1.29, 1.82) is 0 Å². The second-order valence-corrected chi connectivity index (χ2v) is 6.60. The van der Waals surface area contributed by atoms with Crippen LogP contribution < -0.4 is 11.1 Å². The molecule has 0 aromatic rings. The molecule has 1 saturated carbocycles. The fourth-order valence-electron chi connectivity index (χ4n) is 3.50. The highest BCUT2D eigenvalue weighted by Gasteiger charge is 2.35. The van der Waals surface area contributed by atoms with Crippen LogP contribution >= 0.6 is 0 Å². The lowest BCUT2D eigenvalue weighted by molar-refractivity contribution is -0.126. The molecule has 1 aliphatic heterocycles. The fraction of sp³-hybridized carbons (Fsp3) is 0.929. The van der Waals surface area contributed by atoms with Crippen molar-refractivity contribution in [3.63, 3.8) is 0 Å². The van der Waals surface area contributed by atoms with Crippen LogP contribution in [0.3, 0.4) is 0 Å². The Labute approximate surface area is 105 Å². The monoisotopic (exact) mass is 238 g/mol. The van der Waals surface area contributed by atoms with Gasteiger partial charge in [0.25, 0.3) is 0 Å². The van der Waals surface area contributed by atoms with Gasteiger partial charge in [0.15, 0.2) is 0 Å². The van der Waals surface area contributed by atoms with E-state index in [0.29, 0.717) is 6.04 Å². The molecule has 1 aliphatic carbocycles. The van der Waals surface area contributed by atoms with Gasteiger partial charge in [-0.3, -0.25) is 4.79 Å². The Kier molecular flexibility index (Phi) is 3.76. The molecule has 2 fully saturated rings. The van der Waals surface area contributed by atoms with Crippen LogP contribution in [-0.2, 0) is 4.79 Å². The first-order valence-electron chi connectivity index (χ1n) is 7.02. The molecule has 3 heteroatoms. The lowest BCUT2D eigenvalue weighted by Gasteiger charge is -2.41. The first-order chi connectivity index (χ1) is 7.99. The van der Waals surface area contributed by atoms with Crippen molar-refractivity contribution in [1.82, 2.24) is 5.32 Å². The van der Waals surface area contributed by atoms with Crippen molar-refractivity contribution in [2.45, 2.75) is 58.4 Å². The van der Waals surface area contributed by atoms with Crippen LogP contribution in [0.15, 0.2) is 0 Å². The minimum absolute atomic E-state index is 0.176. The van der Waals surface area contributed by atoms with E-state index in [4.69, 9.17) is 5.73 Å². The zero-order chi connectivity index (χ0) is 12.5. The summed E-state index contributed by atoms with van der Waals surface area (Å²) in [7, 11) is 0. The molecule has 3 N–H and O–H groups in total. The van der Waals surface area contributed by atoms with Gasteiger partial charge in [0.1, 0.15) is 0 Å². The van der Waals surface area contributed by atoms with E-state index < -0.39 is 0 Å². The minimum Gasteiger partial charge on any atom is -0.369 e. The Morgan fingerprint density at radius 1 is 1.29 bits per heavy atom. The Morgan fingerprint density at radius 3 is 2.59 bits per heavy atom. The molecule has 0 bridgehead atoms. The minimum atomic E-state index is -0.376. The van der Waals surface area contributed by atoms with Gasteiger partial charge >= 0.3 is 0 Å². The van der Waals surface area contributed by atoms with E-state index in [1.54, 1.807) is 0 Å². The molecule has 2 rings (SSSR count). The zero-order valence-corrected chi connectivity index (χ0v) is 11.2. The molecule has 0 spiro atoms. The molecule has 98 valence electrons. The summed E-state index contributed by atoms with van der Waals surface area (Å²) in [5, 5.41) is 3.62.